The molecule has 31 N–H and O–H groups in total. The summed E-state index contributed by atoms with van der Waals surface area (Å²) >= 11 is 4.62. The SMILES string of the molecule is CC(=O)N[C@@H]1[C@@H](O)[C@H](O[C@@H]2O[C@H](CO)[C@@H](O[C@@H]3O[C@H](CO[C@H]4O[C@H](CO)[C@@H](O)[C@H](O)[C@@H]4O[C@@H]4O[C@H](CO)[C@@H](O[C@@H]5O[C@H](CO)[C@H](O)[C@H](O)[C@H]5O)[C@H](O)[C@H]4NC(C)=O)[C@@H](O)[C@H](O[C@H]4O[C@H](CO)[C@@H](O)[C@H](O)[C@@H]4O[C@@H]4O[C@H](CO)[C@@H](O[C@@H]5O[C@H](CO)[C@H](O)[C@H](O)[C@H]5O)[C@H](O)[C@H]4NC(C)=O)[C@@H]3O)[C@H](O)[C@H]2NC(C)=O)[C@@H](CO[C@@H]2O[C@@H](C)[C@@H](O)[C@@H](O)[C@@H]2O)O[C@H]1NC(=O)CCCCCN=C=S. The highest BCUT2D eigenvalue weighted by atomic mass is 32.1. The minimum Gasteiger partial charge on any atom is -0.394 e. The second kappa shape index (κ2) is 49.5. The molecule has 760 valence electrons. The normalized spacial score (nSPS) is 46.7. The first-order valence-electron chi connectivity index (χ1n) is 42.6. The van der Waals surface area contributed by atoms with Crippen molar-refractivity contribution in [1.82, 2.24) is 26.6 Å². The standard InChI is InChI=1S/C75H124N6O50S/c1-21-40(94)50(104)55(109)70(115-21)113-19-34-62(46(100)36(77-22(2)89)66(116-34)81-35(93)9-7-6-8-10-76-20-132)125-67-37(78-23(3)90)47(101)61(32(17-88)121-67)128-73-58(112)63(129-75-65(54(108)44(98)29(14-85)120-75)131-69-39(80-25(5)92)49(103)60(31(16-87)123-69)127-72-57(111)52(106)42(96)27(12-83)118-72)45(99)33(124-73)18-114-74-64(53(107)43(97)28(13-84)119-74)130-68-38(79-24(4)91)48(102)59(30(15-86)122-68)126-71-56(110)51(105)41(95)26(11-82)117-71/h21,26-34,36-75,82-88,94-112H,6-19H2,1-5H3,(H,77,89)(H,78,90)(H,79,91)(H,80,92)(H,81,93)/t21-,26+,27+,28+,29+,30+,31+,32+,33+,34+,36+,37+,38+,39+,40+,41-,42-,43+,44+,45+,46+,47+,48+,49+,50+,51-,52-,53-,54-,55-,56+,57+,58-,59+,60+,61+,62+,63-,64-,65-,66+,67-,68-,69-,70+,71-,72-,73-,74-,75+/m0/s1. The molecule has 0 aromatic heterocycles. The van der Waals surface area contributed by atoms with Crippen LogP contribution in [0.2, 0.25) is 0 Å². The van der Waals surface area contributed by atoms with Crippen LogP contribution in [-0.2, 0) is 114 Å². The number of hydrogen-bond donors (Lipinski definition) is 31. The number of thiocarbonyl (C=S) groups is 1. The summed E-state index contributed by atoms with van der Waals surface area (Å²) in [5, 5.41) is 307. The first-order valence-corrected chi connectivity index (χ1v) is 43.0. The average molecular weight is 1940 g/mol. The van der Waals surface area contributed by atoms with Crippen molar-refractivity contribution in [1.29, 1.82) is 0 Å². The van der Waals surface area contributed by atoms with Crippen molar-refractivity contribution in [3.63, 3.8) is 0 Å². The van der Waals surface area contributed by atoms with Gasteiger partial charge in [-0.2, -0.15) is 0 Å². The third kappa shape index (κ3) is 25.6. The lowest BCUT2D eigenvalue weighted by Crippen LogP contribution is -2.72. The summed E-state index contributed by atoms with van der Waals surface area (Å²) in [6, 6.07) is -7.66. The predicted molar refractivity (Wildman–Crippen MR) is 419 cm³/mol. The molecule has 0 aliphatic carbocycles. The van der Waals surface area contributed by atoms with E-state index in [1.807, 2.05) is 0 Å². The number of isothiocyanates is 1. The molecular formula is C75H124N6O50S. The van der Waals surface area contributed by atoms with Crippen molar-refractivity contribution in [2.45, 2.75) is 367 Å². The van der Waals surface area contributed by atoms with Crippen LogP contribution in [-0.4, -0.2) is 540 Å². The Balaban J connectivity index is 0.993. The van der Waals surface area contributed by atoms with Gasteiger partial charge in [-0.1, -0.05) is 6.42 Å². The molecule has 0 radical (unpaired) electrons. The topological polar surface area (TPSA) is 859 Å². The predicted octanol–water partition coefficient (Wildman–Crippen LogP) is -19.4. The Morgan fingerprint density at radius 3 is 1.03 bits per heavy atom. The molecule has 132 heavy (non-hydrogen) atoms. The molecule has 0 saturated carbocycles. The maximum atomic E-state index is 13.7. The molecule has 0 spiro atoms. The van der Waals surface area contributed by atoms with E-state index < -0.39 is 396 Å². The molecular weight excluding hydrogens is 1820 g/mol. The van der Waals surface area contributed by atoms with Gasteiger partial charge in [0.1, 0.15) is 238 Å². The molecule has 0 aromatic carbocycles. The quantitative estimate of drug-likeness (QED) is 0.0155. The van der Waals surface area contributed by atoms with Crippen LogP contribution < -0.4 is 26.6 Å². The van der Waals surface area contributed by atoms with Gasteiger partial charge in [-0.25, -0.2) is 4.99 Å². The van der Waals surface area contributed by atoms with Gasteiger partial charge in [0.05, 0.1) is 70.7 Å². The fourth-order valence-electron chi connectivity index (χ4n) is 16.9. The first-order chi connectivity index (χ1) is 62.6. The van der Waals surface area contributed by atoms with Crippen molar-refractivity contribution in [2.24, 2.45) is 4.99 Å². The van der Waals surface area contributed by atoms with Gasteiger partial charge < -0.3 is 249 Å². The van der Waals surface area contributed by atoms with Gasteiger partial charge in [0.2, 0.25) is 29.5 Å². The summed E-state index contributed by atoms with van der Waals surface area (Å²) < 4.78 is 115. The van der Waals surface area contributed by atoms with Crippen LogP contribution in [0.4, 0.5) is 0 Å². The summed E-state index contributed by atoms with van der Waals surface area (Å²) in [5.41, 5.74) is 0. The van der Waals surface area contributed by atoms with E-state index in [4.69, 9.17) is 90.0 Å². The van der Waals surface area contributed by atoms with Crippen LogP contribution >= 0.6 is 12.2 Å². The molecule has 0 unspecified atom stereocenters. The molecule has 10 rings (SSSR count). The number of unbranched alkanes of at least 4 members (excludes halogenated alkanes) is 2. The molecule has 10 fully saturated rings. The highest BCUT2D eigenvalue weighted by molar-refractivity contribution is 7.78. The maximum absolute atomic E-state index is 13.7. The third-order valence-electron chi connectivity index (χ3n) is 24.0. The number of amides is 5. The summed E-state index contributed by atoms with van der Waals surface area (Å²) in [7, 11) is 0. The Labute approximate surface area is 755 Å². The zero-order valence-electron chi connectivity index (χ0n) is 71.5. The molecule has 50 atom stereocenters. The number of ether oxygens (including phenoxy) is 19. The average Bonchev–Trinajstić information content (AvgIpc) is 0.765. The number of aliphatic hydroxyl groups is 26. The molecule has 56 nitrogen and oxygen atoms in total. The lowest BCUT2D eigenvalue weighted by Gasteiger charge is -2.51. The highest BCUT2D eigenvalue weighted by Crippen LogP contribution is 2.41. The number of hydrogen-bond acceptors (Lipinski definition) is 52. The van der Waals surface area contributed by atoms with Gasteiger partial charge in [-0.15, -0.1) is 0 Å². The van der Waals surface area contributed by atoms with Crippen LogP contribution in [0.1, 0.15) is 60.3 Å². The number of rotatable bonds is 38. The monoisotopic (exact) mass is 1940 g/mol. The number of aliphatic imine (C=N–C) groups is 1. The zero-order valence-corrected chi connectivity index (χ0v) is 72.4. The molecule has 57 heteroatoms. The Kier molecular flexibility index (Phi) is 41.0. The smallest absolute Gasteiger partial charge is 0.222 e. The third-order valence-corrected chi connectivity index (χ3v) is 24.1. The fourth-order valence-corrected chi connectivity index (χ4v) is 16.9. The van der Waals surface area contributed by atoms with Crippen LogP contribution in [0.3, 0.4) is 0 Å². The number of nitrogens with zero attached hydrogens (tertiary/aromatic N) is 1. The summed E-state index contributed by atoms with van der Waals surface area (Å²) in [6.45, 7) is -4.56. The summed E-state index contributed by atoms with van der Waals surface area (Å²) in [6.07, 6.45) is -94.4. The zero-order chi connectivity index (χ0) is 97.0. The van der Waals surface area contributed by atoms with Gasteiger partial charge in [0.15, 0.2) is 62.8 Å². The maximum Gasteiger partial charge on any atom is 0.222 e. The highest BCUT2D eigenvalue weighted by Gasteiger charge is 2.62. The molecule has 10 aliphatic rings. The minimum atomic E-state index is -2.65. The Morgan fingerprint density at radius 2 is 0.606 bits per heavy atom. The Hall–Kier alpha value is -4.65. The number of nitrogens with one attached hydrogen (secondary N) is 5. The summed E-state index contributed by atoms with van der Waals surface area (Å²) in [4.78, 5) is 70.1. The molecule has 5 amide bonds. The second-order valence-electron chi connectivity index (χ2n) is 33.4. The van der Waals surface area contributed by atoms with Crippen molar-refractivity contribution in [2.75, 3.05) is 66.0 Å². The van der Waals surface area contributed by atoms with E-state index in [0.717, 1.165) is 27.7 Å². The Morgan fingerprint density at radius 1 is 0.288 bits per heavy atom. The fraction of sp³-hybridized carbons (Fsp3) is 0.920. The summed E-state index contributed by atoms with van der Waals surface area (Å²) in [5.74, 6) is -4.44. The van der Waals surface area contributed by atoms with Crippen molar-refractivity contribution >= 4 is 46.9 Å². The largest absolute Gasteiger partial charge is 0.394 e. The van der Waals surface area contributed by atoms with Crippen LogP contribution in [0.15, 0.2) is 4.99 Å². The van der Waals surface area contributed by atoms with E-state index >= 15 is 0 Å². The van der Waals surface area contributed by atoms with Crippen molar-refractivity contribution in [3.05, 3.63) is 0 Å². The van der Waals surface area contributed by atoms with Crippen molar-refractivity contribution in [3.8, 4) is 0 Å². The van der Waals surface area contributed by atoms with Gasteiger partial charge in [-0.05, 0) is 32.0 Å². The van der Waals surface area contributed by atoms with Gasteiger partial charge in [0.25, 0.3) is 0 Å². The van der Waals surface area contributed by atoms with Crippen LogP contribution in [0.25, 0.3) is 0 Å². The van der Waals surface area contributed by atoms with Gasteiger partial charge in [0, 0.05) is 40.7 Å². The lowest BCUT2D eigenvalue weighted by molar-refractivity contribution is -0.399. The van der Waals surface area contributed by atoms with E-state index in [1.165, 1.54) is 6.92 Å². The molecule has 0 bridgehead atoms. The lowest BCUT2D eigenvalue weighted by atomic mass is 9.93. The van der Waals surface area contributed by atoms with Crippen LogP contribution in [0, 0.1) is 0 Å². The number of carbonyl (C=O) groups is 5. The van der Waals surface area contributed by atoms with E-state index in [1.54, 1.807) is 0 Å². The molecule has 10 saturated heterocycles. The van der Waals surface area contributed by atoms with Gasteiger partial charge in [-0.3, -0.25) is 24.0 Å². The molecule has 10 heterocycles. The molecule has 0 aromatic rings. The van der Waals surface area contributed by atoms with E-state index in [0.29, 0.717) is 19.4 Å². The van der Waals surface area contributed by atoms with Gasteiger partial charge >= 0.3 is 0 Å². The minimum absolute atomic E-state index is 0.155. The first kappa shape index (κ1) is 109. The number of carbonyl (C=O) groups excluding carboxylic acids is 5. The van der Waals surface area contributed by atoms with E-state index in [-0.39, 0.29) is 12.8 Å². The number of aliphatic hydroxyl groups excluding tert-OH is 26. The van der Waals surface area contributed by atoms with Crippen LogP contribution in [0.5, 0.6) is 0 Å². The van der Waals surface area contributed by atoms with E-state index in [2.05, 4.69) is 49.0 Å². The second-order valence-corrected chi connectivity index (χ2v) is 33.6. The van der Waals surface area contributed by atoms with Crippen molar-refractivity contribution < 1.29 is 247 Å². The molecule has 10 aliphatic heterocycles. The Bertz CT molecular complexity index is 3670. The van der Waals surface area contributed by atoms with E-state index in [9.17, 15) is 157 Å².